The SMILES string of the molecule is C1=C(c2cccc(-c3ccccc3)c2)/N=C(c2ccc3c(c2)sc2ccccc23)\N=C(\c2cc(-n3c4ccccc4c4cc5ccccc5cc43)c3c(c2)oc2cc4ccccc4cc23)CC\1. The Hall–Kier alpha value is -8.38. The highest BCUT2D eigenvalue weighted by Gasteiger charge is 2.23. The van der Waals surface area contributed by atoms with E-state index in [1.807, 2.05) is 11.3 Å². The quantitative estimate of drug-likeness (QED) is 0.170. The van der Waals surface area contributed by atoms with E-state index in [1.165, 1.54) is 52.7 Å². The summed E-state index contributed by atoms with van der Waals surface area (Å²) in [5.74, 6) is 0.686. The average molecular weight is 874 g/mol. The van der Waals surface area contributed by atoms with Gasteiger partial charge in [0.2, 0.25) is 0 Å². The van der Waals surface area contributed by atoms with E-state index in [1.54, 1.807) is 0 Å². The molecular formula is C62H39N3OS. The van der Waals surface area contributed by atoms with Crippen molar-refractivity contribution in [3.63, 3.8) is 0 Å². The molecule has 3 aromatic heterocycles. The molecular weight excluding hydrogens is 835 g/mol. The van der Waals surface area contributed by atoms with Gasteiger partial charge in [0.25, 0.3) is 0 Å². The maximum absolute atomic E-state index is 6.98. The second-order valence-electron chi connectivity index (χ2n) is 17.6. The molecule has 0 unspecified atom stereocenters. The topological polar surface area (TPSA) is 42.8 Å². The molecule has 4 nitrogen and oxygen atoms in total. The minimum Gasteiger partial charge on any atom is -0.456 e. The molecule has 1 aliphatic heterocycles. The standard InChI is InChI=1S/C62H39N3OS/c1-2-14-38(15-3-1)39-20-12-21-44(30-39)52-24-13-25-53(64-62(63-52)45-28-29-49-48-23-9-11-27-59(48)67-60(49)37-45)46-34-56(61-51-32-41-17-5-7-19-43(41)35-57(51)66-58(61)36-46)65-54-26-10-8-22-47(54)50-31-40-16-4-6-18-42(40)33-55(50)65/h1-12,14-24,26-37H,13,25H2/b52-24-,63-62-,64-53+. The minimum absolute atomic E-state index is 0.686. The number of benzene rings is 10. The Kier molecular flexibility index (Phi) is 8.55. The zero-order valence-electron chi connectivity index (χ0n) is 36.3. The second kappa shape index (κ2) is 15.1. The smallest absolute Gasteiger partial charge is 0.160 e. The van der Waals surface area contributed by atoms with Gasteiger partial charge in [0.05, 0.1) is 33.5 Å². The van der Waals surface area contributed by atoms with Crippen LogP contribution in [0.3, 0.4) is 0 Å². The van der Waals surface area contributed by atoms with Crippen molar-refractivity contribution in [2.24, 2.45) is 9.98 Å². The summed E-state index contributed by atoms with van der Waals surface area (Å²) >= 11 is 1.82. The van der Waals surface area contributed by atoms with Gasteiger partial charge < -0.3 is 8.98 Å². The monoisotopic (exact) mass is 873 g/mol. The summed E-state index contributed by atoms with van der Waals surface area (Å²) in [6.07, 6.45) is 3.76. The van der Waals surface area contributed by atoms with E-state index in [4.69, 9.17) is 14.4 Å². The first-order valence-electron chi connectivity index (χ1n) is 22.9. The third-order valence-corrected chi connectivity index (χ3v) is 14.8. The summed E-state index contributed by atoms with van der Waals surface area (Å²) in [6, 6.07) is 74.4. The van der Waals surface area contributed by atoms with Crippen LogP contribution < -0.4 is 0 Å². The zero-order chi connectivity index (χ0) is 44.0. The lowest BCUT2D eigenvalue weighted by atomic mass is 9.98. The molecule has 0 aliphatic carbocycles. The molecule has 0 N–H and O–H groups in total. The van der Waals surface area contributed by atoms with Crippen LogP contribution in [-0.4, -0.2) is 16.1 Å². The minimum atomic E-state index is 0.686. The van der Waals surface area contributed by atoms with Gasteiger partial charge in [-0.3, -0.25) is 0 Å². The van der Waals surface area contributed by atoms with Crippen molar-refractivity contribution in [2.75, 3.05) is 0 Å². The van der Waals surface area contributed by atoms with Crippen LogP contribution in [0.25, 0.3) is 108 Å². The molecule has 0 atom stereocenters. The number of aliphatic imine (C=N–C) groups is 2. The third-order valence-electron chi connectivity index (χ3n) is 13.6. The fraction of sp³-hybridized carbons (Fsp3) is 0.0323. The first-order valence-corrected chi connectivity index (χ1v) is 23.7. The van der Waals surface area contributed by atoms with E-state index in [0.717, 1.165) is 84.1 Å². The van der Waals surface area contributed by atoms with Gasteiger partial charge in [0.15, 0.2) is 5.84 Å². The van der Waals surface area contributed by atoms with Gasteiger partial charge in [-0.1, -0.05) is 152 Å². The van der Waals surface area contributed by atoms with Crippen molar-refractivity contribution < 1.29 is 4.42 Å². The number of thiophene rings is 1. The van der Waals surface area contributed by atoms with Crippen LogP contribution in [0, 0.1) is 0 Å². The van der Waals surface area contributed by atoms with Crippen LogP contribution in [0.15, 0.2) is 227 Å². The van der Waals surface area contributed by atoms with Gasteiger partial charge in [-0.25, -0.2) is 9.98 Å². The number of aromatic nitrogens is 1. The number of rotatable bonds is 5. The maximum atomic E-state index is 6.98. The molecule has 1 aliphatic rings. The van der Waals surface area contributed by atoms with E-state index >= 15 is 0 Å². The van der Waals surface area contributed by atoms with E-state index in [-0.39, 0.29) is 0 Å². The molecule has 0 saturated carbocycles. The van der Waals surface area contributed by atoms with Gasteiger partial charge in [-0.05, 0) is 106 Å². The lowest BCUT2D eigenvalue weighted by molar-refractivity contribution is 0.669. The molecule has 13 aromatic rings. The Balaban J connectivity index is 1.02. The number of allylic oxidation sites excluding steroid dienone is 1. The highest BCUT2D eigenvalue weighted by atomic mass is 32.1. The summed E-state index contributed by atoms with van der Waals surface area (Å²) in [6.45, 7) is 0. The predicted octanol–water partition coefficient (Wildman–Crippen LogP) is 17.1. The molecule has 5 heteroatoms. The summed E-state index contributed by atoms with van der Waals surface area (Å²) in [7, 11) is 0. The number of nitrogens with zero attached hydrogens (tertiary/aromatic N) is 3. The van der Waals surface area contributed by atoms with E-state index in [0.29, 0.717) is 12.3 Å². The van der Waals surface area contributed by atoms with Gasteiger partial charge >= 0.3 is 0 Å². The van der Waals surface area contributed by atoms with Crippen molar-refractivity contribution in [3.05, 3.63) is 229 Å². The van der Waals surface area contributed by atoms with Gasteiger partial charge in [-0.2, -0.15) is 0 Å². The molecule has 0 saturated heterocycles. The van der Waals surface area contributed by atoms with Gasteiger partial charge in [0.1, 0.15) is 11.2 Å². The Labute approximate surface area is 389 Å². The fourth-order valence-electron chi connectivity index (χ4n) is 10.4. The van der Waals surface area contributed by atoms with E-state index < -0.39 is 0 Å². The summed E-state index contributed by atoms with van der Waals surface area (Å²) in [4.78, 5) is 11.2. The van der Waals surface area contributed by atoms with Gasteiger partial charge in [0, 0.05) is 53.0 Å². The second-order valence-corrected chi connectivity index (χ2v) is 18.7. The number of fused-ring (bicyclic) bond motifs is 11. The molecule has 0 spiro atoms. The first-order chi connectivity index (χ1) is 33.2. The van der Waals surface area contributed by atoms with Gasteiger partial charge in [-0.15, -0.1) is 11.3 Å². The molecule has 0 amide bonds. The highest BCUT2D eigenvalue weighted by Crippen LogP contribution is 2.42. The first kappa shape index (κ1) is 37.9. The van der Waals surface area contributed by atoms with E-state index in [9.17, 15) is 0 Å². The number of hydrogen-bond donors (Lipinski definition) is 0. The molecule has 0 radical (unpaired) electrons. The van der Waals surface area contributed by atoms with Crippen molar-refractivity contribution >= 4 is 114 Å². The Morgan fingerprint density at radius 3 is 1.96 bits per heavy atom. The maximum Gasteiger partial charge on any atom is 0.160 e. The Morgan fingerprint density at radius 1 is 0.418 bits per heavy atom. The van der Waals surface area contributed by atoms with Crippen molar-refractivity contribution in [3.8, 4) is 16.8 Å². The molecule has 10 aromatic carbocycles. The Morgan fingerprint density at radius 2 is 1.10 bits per heavy atom. The summed E-state index contributed by atoms with van der Waals surface area (Å²) in [5.41, 5.74) is 12.3. The molecule has 0 fully saturated rings. The predicted molar refractivity (Wildman–Crippen MR) is 285 cm³/mol. The largest absolute Gasteiger partial charge is 0.456 e. The zero-order valence-corrected chi connectivity index (χ0v) is 37.1. The lowest BCUT2D eigenvalue weighted by Crippen LogP contribution is -2.10. The molecule has 14 rings (SSSR count). The number of furan rings is 1. The van der Waals surface area contributed by atoms with Crippen LogP contribution in [-0.2, 0) is 0 Å². The molecule has 67 heavy (non-hydrogen) atoms. The van der Waals surface area contributed by atoms with Crippen LogP contribution in [0.2, 0.25) is 0 Å². The van der Waals surface area contributed by atoms with Crippen LogP contribution in [0.5, 0.6) is 0 Å². The highest BCUT2D eigenvalue weighted by molar-refractivity contribution is 7.25. The lowest BCUT2D eigenvalue weighted by Gasteiger charge is -2.16. The Bertz CT molecular complexity index is 4280. The van der Waals surface area contributed by atoms with Crippen LogP contribution in [0.4, 0.5) is 0 Å². The molecule has 4 heterocycles. The van der Waals surface area contributed by atoms with Crippen molar-refractivity contribution in [2.45, 2.75) is 12.8 Å². The van der Waals surface area contributed by atoms with Crippen molar-refractivity contribution in [1.29, 1.82) is 0 Å². The number of hydrogen-bond acceptors (Lipinski definition) is 4. The number of para-hydroxylation sites is 1. The molecule has 0 bridgehead atoms. The van der Waals surface area contributed by atoms with Crippen LogP contribution >= 0.6 is 11.3 Å². The summed E-state index contributed by atoms with van der Waals surface area (Å²) in [5, 5.41) is 11.9. The average Bonchev–Trinajstić information content (AvgIpc) is 4.03. The molecule has 314 valence electrons. The summed E-state index contributed by atoms with van der Waals surface area (Å²) < 4.78 is 11.9. The van der Waals surface area contributed by atoms with Crippen LogP contribution in [0.1, 0.15) is 29.5 Å². The fourth-order valence-corrected chi connectivity index (χ4v) is 11.6. The van der Waals surface area contributed by atoms with Crippen molar-refractivity contribution in [1.82, 2.24) is 4.57 Å². The number of amidine groups is 1. The third kappa shape index (κ3) is 6.27. The van der Waals surface area contributed by atoms with E-state index in [2.05, 4.69) is 217 Å². The normalized spacial score (nSPS) is 15.9.